The van der Waals surface area contributed by atoms with Crippen molar-refractivity contribution in [2.45, 2.75) is 37.1 Å². The lowest BCUT2D eigenvalue weighted by atomic mass is 10.4. The quantitative estimate of drug-likeness (QED) is 0.602. The molecule has 0 atom stereocenters. The lowest BCUT2D eigenvalue weighted by molar-refractivity contribution is -0.274. The number of imidazole rings is 2. The molecule has 0 aliphatic heterocycles. The van der Waals surface area contributed by atoms with Gasteiger partial charge in [-0.3, -0.25) is 0 Å². The topological polar surface area (TPSA) is 57.8 Å². The lowest BCUT2D eigenvalue weighted by Gasteiger charge is -2.07. The molecule has 6 nitrogen and oxygen atoms in total. The zero-order valence-electron chi connectivity index (χ0n) is 15.0. The first-order valence-electron chi connectivity index (χ1n) is 8.56. The van der Waals surface area contributed by atoms with Crippen LogP contribution in [0.5, 0.6) is 5.75 Å². The SMILES string of the molecule is CCSc1c(-c2nc3cc(OC(F)(F)F)cnc3n2C)nc(C2CC2)n1C. The number of rotatable bonds is 5. The molecule has 3 aromatic rings. The van der Waals surface area contributed by atoms with Gasteiger partial charge in [-0.25, -0.2) is 15.0 Å². The van der Waals surface area contributed by atoms with Gasteiger partial charge < -0.3 is 13.9 Å². The van der Waals surface area contributed by atoms with Gasteiger partial charge in [0, 0.05) is 26.1 Å². The van der Waals surface area contributed by atoms with Crippen LogP contribution in [0.2, 0.25) is 0 Å². The van der Waals surface area contributed by atoms with E-state index in [4.69, 9.17) is 4.98 Å². The minimum atomic E-state index is -4.77. The van der Waals surface area contributed by atoms with E-state index >= 15 is 0 Å². The Hall–Kier alpha value is -2.23. The third kappa shape index (κ3) is 3.38. The van der Waals surface area contributed by atoms with Gasteiger partial charge in [0.25, 0.3) is 0 Å². The number of fused-ring (bicyclic) bond motifs is 1. The molecular formula is C17H18F3N5OS. The second-order valence-corrected chi connectivity index (χ2v) is 7.70. The van der Waals surface area contributed by atoms with Crippen LogP contribution in [0.1, 0.15) is 31.5 Å². The Morgan fingerprint density at radius 3 is 2.59 bits per heavy atom. The Kier molecular flexibility index (Phi) is 4.32. The van der Waals surface area contributed by atoms with Crippen LogP contribution in [0, 0.1) is 0 Å². The van der Waals surface area contributed by atoms with Crippen LogP contribution in [-0.4, -0.2) is 36.2 Å². The molecule has 1 aliphatic rings. The number of aryl methyl sites for hydroxylation is 1. The number of ether oxygens (including phenoxy) is 1. The molecule has 0 aromatic carbocycles. The molecule has 144 valence electrons. The summed E-state index contributed by atoms with van der Waals surface area (Å²) in [4.78, 5) is 13.4. The van der Waals surface area contributed by atoms with Crippen molar-refractivity contribution in [3.8, 4) is 17.3 Å². The number of halogens is 3. The largest absolute Gasteiger partial charge is 0.573 e. The van der Waals surface area contributed by atoms with Crippen molar-refractivity contribution >= 4 is 22.9 Å². The Labute approximate surface area is 157 Å². The molecule has 0 saturated heterocycles. The van der Waals surface area contributed by atoms with E-state index in [-0.39, 0.29) is 5.75 Å². The minimum Gasteiger partial charge on any atom is -0.404 e. The molecule has 0 spiro atoms. The Balaban J connectivity index is 1.82. The van der Waals surface area contributed by atoms with Crippen molar-refractivity contribution in [1.29, 1.82) is 0 Å². The molecular weight excluding hydrogens is 379 g/mol. The lowest BCUT2D eigenvalue weighted by Crippen LogP contribution is -2.17. The van der Waals surface area contributed by atoms with E-state index in [9.17, 15) is 13.2 Å². The molecule has 3 aromatic heterocycles. The summed E-state index contributed by atoms with van der Waals surface area (Å²) < 4.78 is 45.2. The van der Waals surface area contributed by atoms with Crippen molar-refractivity contribution < 1.29 is 17.9 Å². The van der Waals surface area contributed by atoms with E-state index in [1.165, 1.54) is 6.07 Å². The van der Waals surface area contributed by atoms with E-state index in [1.54, 1.807) is 23.4 Å². The van der Waals surface area contributed by atoms with E-state index in [0.29, 0.717) is 22.9 Å². The summed E-state index contributed by atoms with van der Waals surface area (Å²) >= 11 is 1.67. The molecule has 1 fully saturated rings. The standard InChI is InChI=1S/C17H18F3N5OS/c1-4-27-16-12(23-13(25(16)3)9-5-6-9)15-22-11-7-10(26-17(18,19)20)8-21-14(11)24(15)2/h7-9H,4-6H2,1-3H3. The summed E-state index contributed by atoms with van der Waals surface area (Å²) in [5.41, 5.74) is 1.55. The van der Waals surface area contributed by atoms with E-state index in [1.807, 2.05) is 7.05 Å². The van der Waals surface area contributed by atoms with Gasteiger partial charge in [0.2, 0.25) is 0 Å². The molecule has 0 bridgehead atoms. The molecule has 0 amide bonds. The van der Waals surface area contributed by atoms with Crippen LogP contribution in [0.15, 0.2) is 17.3 Å². The number of pyridine rings is 1. The van der Waals surface area contributed by atoms with Crippen LogP contribution >= 0.6 is 11.8 Å². The van der Waals surface area contributed by atoms with Gasteiger partial charge >= 0.3 is 6.36 Å². The highest BCUT2D eigenvalue weighted by Crippen LogP contribution is 2.43. The molecule has 0 N–H and O–H groups in total. The predicted octanol–water partition coefficient (Wildman–Crippen LogP) is 4.26. The van der Waals surface area contributed by atoms with E-state index < -0.39 is 6.36 Å². The van der Waals surface area contributed by atoms with Gasteiger partial charge in [0.05, 0.1) is 6.20 Å². The fraction of sp³-hybridized carbons (Fsp3) is 0.471. The van der Waals surface area contributed by atoms with Crippen LogP contribution < -0.4 is 4.74 Å². The first-order valence-corrected chi connectivity index (χ1v) is 9.55. The molecule has 0 radical (unpaired) electrons. The minimum absolute atomic E-state index is 0.334. The average Bonchev–Trinajstić information content (AvgIpc) is 3.31. The highest BCUT2D eigenvalue weighted by Gasteiger charge is 2.33. The first-order chi connectivity index (χ1) is 12.8. The van der Waals surface area contributed by atoms with Gasteiger partial charge in [0.1, 0.15) is 27.8 Å². The Morgan fingerprint density at radius 2 is 1.96 bits per heavy atom. The number of nitrogens with zero attached hydrogens (tertiary/aromatic N) is 5. The van der Waals surface area contributed by atoms with Gasteiger partial charge in [-0.2, -0.15) is 0 Å². The highest BCUT2D eigenvalue weighted by molar-refractivity contribution is 7.99. The maximum atomic E-state index is 12.5. The highest BCUT2D eigenvalue weighted by atomic mass is 32.2. The summed E-state index contributed by atoms with van der Waals surface area (Å²) in [5, 5.41) is 1.00. The van der Waals surface area contributed by atoms with Gasteiger partial charge in [-0.05, 0) is 18.6 Å². The molecule has 27 heavy (non-hydrogen) atoms. The zero-order chi connectivity index (χ0) is 19.3. The molecule has 3 heterocycles. The Bertz CT molecular complexity index is 1010. The normalized spacial score (nSPS) is 14.9. The van der Waals surface area contributed by atoms with Crippen molar-refractivity contribution in [1.82, 2.24) is 24.1 Å². The molecule has 4 rings (SSSR count). The second-order valence-electron chi connectivity index (χ2n) is 6.45. The van der Waals surface area contributed by atoms with Crippen LogP contribution in [0.25, 0.3) is 22.7 Å². The van der Waals surface area contributed by atoms with Crippen molar-refractivity contribution in [2.75, 3.05) is 5.75 Å². The summed E-state index contributed by atoms with van der Waals surface area (Å²) in [7, 11) is 3.78. The average molecular weight is 397 g/mol. The summed E-state index contributed by atoms with van der Waals surface area (Å²) in [5.74, 6) is 2.58. The van der Waals surface area contributed by atoms with Crippen molar-refractivity contribution in [3.05, 3.63) is 18.1 Å². The van der Waals surface area contributed by atoms with E-state index in [2.05, 4.69) is 26.2 Å². The van der Waals surface area contributed by atoms with Gasteiger partial charge in [-0.15, -0.1) is 24.9 Å². The van der Waals surface area contributed by atoms with Crippen molar-refractivity contribution in [2.24, 2.45) is 14.1 Å². The number of thioether (sulfide) groups is 1. The fourth-order valence-corrected chi connectivity index (χ4v) is 3.95. The van der Waals surface area contributed by atoms with Crippen LogP contribution in [0.3, 0.4) is 0 Å². The van der Waals surface area contributed by atoms with Crippen molar-refractivity contribution in [3.63, 3.8) is 0 Å². The summed E-state index contributed by atoms with van der Waals surface area (Å²) in [6.45, 7) is 2.06. The monoisotopic (exact) mass is 397 g/mol. The smallest absolute Gasteiger partial charge is 0.404 e. The second kappa shape index (κ2) is 6.43. The maximum Gasteiger partial charge on any atom is 0.573 e. The molecule has 1 aliphatic carbocycles. The Morgan fingerprint density at radius 1 is 1.22 bits per heavy atom. The van der Waals surface area contributed by atoms with Gasteiger partial charge in [0.15, 0.2) is 11.5 Å². The van der Waals surface area contributed by atoms with E-state index in [0.717, 1.165) is 41.3 Å². The maximum absolute atomic E-state index is 12.5. The predicted molar refractivity (Wildman–Crippen MR) is 95.8 cm³/mol. The summed E-state index contributed by atoms with van der Waals surface area (Å²) in [6, 6.07) is 1.25. The number of hydrogen-bond acceptors (Lipinski definition) is 5. The third-order valence-electron chi connectivity index (χ3n) is 4.43. The van der Waals surface area contributed by atoms with Gasteiger partial charge in [-0.1, -0.05) is 6.92 Å². The summed E-state index contributed by atoms with van der Waals surface area (Å²) in [6.07, 6.45) is -1.46. The number of alkyl halides is 3. The van der Waals surface area contributed by atoms with Crippen LogP contribution in [-0.2, 0) is 14.1 Å². The zero-order valence-corrected chi connectivity index (χ0v) is 15.9. The third-order valence-corrected chi connectivity index (χ3v) is 5.46. The molecule has 1 saturated carbocycles. The first kappa shape index (κ1) is 18.1. The van der Waals surface area contributed by atoms with Crippen LogP contribution in [0.4, 0.5) is 13.2 Å². The fourth-order valence-electron chi connectivity index (χ4n) is 3.11. The number of aromatic nitrogens is 5. The number of hydrogen-bond donors (Lipinski definition) is 0. The molecule has 0 unspecified atom stereocenters. The molecule has 10 heteroatoms.